The Balaban J connectivity index is 2.05. The van der Waals surface area contributed by atoms with Gasteiger partial charge in [-0.15, -0.1) is 0 Å². The van der Waals surface area contributed by atoms with E-state index in [1.54, 1.807) is 7.05 Å². The van der Waals surface area contributed by atoms with E-state index in [2.05, 4.69) is 74.4 Å². The molecule has 0 radical (unpaired) electrons. The van der Waals surface area contributed by atoms with E-state index in [1.807, 2.05) is 6.20 Å². The van der Waals surface area contributed by atoms with Crippen LogP contribution in [0.15, 0.2) is 40.4 Å². The molecule has 0 aliphatic heterocycles. The summed E-state index contributed by atoms with van der Waals surface area (Å²) >= 11 is -2.30. The fourth-order valence-corrected chi connectivity index (χ4v) is 8.04. The molecule has 1 aromatic carbocycles. The van der Waals surface area contributed by atoms with Crippen molar-refractivity contribution in [3.63, 3.8) is 0 Å². The van der Waals surface area contributed by atoms with E-state index < -0.39 is 18.4 Å². The zero-order chi connectivity index (χ0) is 20.6. The Kier molecular flexibility index (Phi) is 5.84. The van der Waals surface area contributed by atoms with E-state index in [1.165, 1.54) is 13.8 Å². The quantitative estimate of drug-likeness (QED) is 0.394. The van der Waals surface area contributed by atoms with Crippen LogP contribution in [0.2, 0.25) is 14.8 Å². The van der Waals surface area contributed by atoms with Crippen LogP contribution in [0.1, 0.15) is 25.1 Å². The summed E-state index contributed by atoms with van der Waals surface area (Å²) in [6, 6.07) is 6.48. The van der Waals surface area contributed by atoms with E-state index in [-0.39, 0.29) is 5.56 Å². The van der Waals surface area contributed by atoms with Gasteiger partial charge in [-0.3, -0.25) is 0 Å². The first kappa shape index (κ1) is 20.8. The third-order valence-electron chi connectivity index (χ3n) is 4.99. The van der Waals surface area contributed by atoms with Gasteiger partial charge in [0.25, 0.3) is 0 Å². The average molecular weight is 485 g/mol. The summed E-state index contributed by atoms with van der Waals surface area (Å²) in [4.78, 5) is 24.0. The van der Waals surface area contributed by atoms with Gasteiger partial charge in [-0.25, -0.2) is 0 Å². The molecule has 3 rings (SSSR count). The topological polar surface area (TPSA) is 52.2 Å². The first-order chi connectivity index (χ1) is 13.1. The predicted octanol–water partition coefficient (Wildman–Crippen LogP) is 3.86. The molecule has 0 bridgehead atoms. The Morgan fingerprint density at radius 1 is 1.18 bits per heavy atom. The van der Waals surface area contributed by atoms with Gasteiger partial charge in [0.1, 0.15) is 0 Å². The maximum atomic E-state index is 12.6. The summed E-state index contributed by atoms with van der Waals surface area (Å²) in [5, 5.41) is 6.22. The molecule has 2 heterocycles. The molecular formula is C22H30N4OSn. The van der Waals surface area contributed by atoms with E-state index in [0.717, 1.165) is 35.1 Å². The average Bonchev–Trinajstić information content (AvgIpc) is 3.02. The van der Waals surface area contributed by atoms with Crippen LogP contribution in [0, 0.1) is 5.92 Å². The molecule has 0 atom stereocenters. The van der Waals surface area contributed by atoms with Crippen molar-refractivity contribution in [1.82, 2.24) is 14.3 Å². The molecule has 0 unspecified atom stereocenters. The molecule has 0 saturated heterocycles. The molecule has 3 aromatic rings. The van der Waals surface area contributed by atoms with Crippen LogP contribution in [0.25, 0.3) is 10.8 Å². The Bertz CT molecular complexity index is 1090. The molecule has 0 saturated carbocycles. The summed E-state index contributed by atoms with van der Waals surface area (Å²) < 4.78 is 4.95. The molecule has 28 heavy (non-hydrogen) atoms. The summed E-state index contributed by atoms with van der Waals surface area (Å²) in [6.45, 7) is 8.80. The van der Waals surface area contributed by atoms with Gasteiger partial charge in [0.15, 0.2) is 0 Å². The normalized spacial score (nSPS) is 12.1. The van der Waals surface area contributed by atoms with E-state index in [4.69, 9.17) is 0 Å². The molecule has 148 valence electrons. The van der Waals surface area contributed by atoms with Crippen LogP contribution >= 0.6 is 0 Å². The Morgan fingerprint density at radius 3 is 2.46 bits per heavy atom. The van der Waals surface area contributed by atoms with Gasteiger partial charge in [-0.1, -0.05) is 0 Å². The number of aryl methyl sites for hydroxylation is 1. The van der Waals surface area contributed by atoms with Crippen molar-refractivity contribution < 1.29 is 0 Å². The molecular weight excluding hydrogens is 455 g/mol. The van der Waals surface area contributed by atoms with E-state index in [0.29, 0.717) is 5.92 Å². The van der Waals surface area contributed by atoms with Crippen LogP contribution in [0.5, 0.6) is 0 Å². The minimum absolute atomic E-state index is 0.0426. The fourth-order valence-electron chi connectivity index (χ4n) is 3.62. The Morgan fingerprint density at radius 2 is 1.86 bits per heavy atom. The summed E-state index contributed by atoms with van der Waals surface area (Å²) in [5.74, 6) is 0.484. The van der Waals surface area contributed by atoms with Crippen LogP contribution in [0.3, 0.4) is 0 Å². The third kappa shape index (κ3) is 4.24. The van der Waals surface area contributed by atoms with Gasteiger partial charge in [-0.2, -0.15) is 0 Å². The van der Waals surface area contributed by atoms with Crippen molar-refractivity contribution in [2.45, 2.75) is 41.6 Å². The molecule has 2 aromatic heterocycles. The first-order valence-corrected chi connectivity index (χ1v) is 19.7. The molecule has 0 fully saturated rings. The molecule has 0 spiro atoms. The number of hydrogen-bond acceptors (Lipinski definition) is 3. The SMILES string of the molecule is C=Nc1ccc(Cn2cc3c(CC(C)C)nn(C)c(=O)c3c2)c[c]1[Sn]([CH3])([CH3])[CH3]. The summed E-state index contributed by atoms with van der Waals surface area (Å²) in [7, 11) is 1.73. The second-order valence-corrected chi connectivity index (χ2v) is 23.4. The molecule has 0 aliphatic rings. The Hall–Kier alpha value is -1.89. The molecule has 0 N–H and O–H groups in total. The van der Waals surface area contributed by atoms with Crippen LogP contribution in [-0.2, 0) is 20.0 Å². The summed E-state index contributed by atoms with van der Waals surface area (Å²) in [6.07, 6.45) is 4.89. The third-order valence-corrected chi connectivity index (χ3v) is 10.7. The van der Waals surface area contributed by atoms with Gasteiger partial charge >= 0.3 is 171 Å². The minimum atomic E-state index is -2.30. The van der Waals surface area contributed by atoms with Gasteiger partial charge in [0.05, 0.1) is 0 Å². The van der Waals surface area contributed by atoms with E-state index >= 15 is 0 Å². The van der Waals surface area contributed by atoms with Gasteiger partial charge in [-0.05, 0) is 0 Å². The van der Waals surface area contributed by atoms with Crippen molar-refractivity contribution in [3.8, 4) is 0 Å². The van der Waals surface area contributed by atoms with E-state index in [9.17, 15) is 4.79 Å². The van der Waals surface area contributed by atoms with Crippen molar-refractivity contribution in [3.05, 3.63) is 52.2 Å². The van der Waals surface area contributed by atoms with Gasteiger partial charge < -0.3 is 0 Å². The Labute approximate surface area is 171 Å². The molecule has 6 heteroatoms. The number of nitrogens with zero attached hydrogens (tertiary/aromatic N) is 4. The number of benzene rings is 1. The second-order valence-electron chi connectivity index (χ2n) is 8.99. The number of hydrogen-bond donors (Lipinski definition) is 0. The molecule has 5 nitrogen and oxygen atoms in total. The van der Waals surface area contributed by atoms with Crippen LogP contribution < -0.4 is 9.14 Å². The van der Waals surface area contributed by atoms with Crippen LogP contribution in [0.4, 0.5) is 5.69 Å². The molecule has 0 aliphatic carbocycles. The number of aromatic nitrogens is 3. The van der Waals surface area contributed by atoms with Crippen LogP contribution in [-0.4, -0.2) is 39.4 Å². The fraction of sp³-hybridized carbons (Fsp3) is 0.409. The monoisotopic (exact) mass is 486 g/mol. The molecule has 0 amide bonds. The standard InChI is InChI=1S/C19H21N4O.3CH3.Sn/c1-13(2)9-18-16-11-23(12-17(16)19(24)22(4)21-18)10-14-5-7-15(20-3)8-6-14;;;;/h5-7,11-13H,3,9-10H2,1-2,4H3;3*1H3;. The number of rotatable bonds is 6. The van der Waals surface area contributed by atoms with Crippen molar-refractivity contribution >= 4 is 45.1 Å². The van der Waals surface area contributed by atoms with Crippen molar-refractivity contribution in [1.29, 1.82) is 0 Å². The maximum absolute atomic E-state index is 12.6. The zero-order valence-electron chi connectivity index (χ0n) is 17.8. The van der Waals surface area contributed by atoms with Gasteiger partial charge in [0.2, 0.25) is 0 Å². The van der Waals surface area contributed by atoms with Crippen molar-refractivity contribution in [2.24, 2.45) is 18.0 Å². The van der Waals surface area contributed by atoms with Crippen molar-refractivity contribution in [2.75, 3.05) is 0 Å². The predicted molar refractivity (Wildman–Crippen MR) is 121 cm³/mol. The second kappa shape index (κ2) is 7.85. The number of aliphatic imine (C=N–C) groups is 1. The van der Waals surface area contributed by atoms with Gasteiger partial charge in [0, 0.05) is 0 Å². The summed E-state index contributed by atoms with van der Waals surface area (Å²) in [5.41, 5.74) is 3.19. The first-order valence-electron chi connectivity index (χ1n) is 9.76. The zero-order valence-corrected chi connectivity index (χ0v) is 20.6. The number of fused-ring (bicyclic) bond motifs is 1.